The number of nitrogens with zero attached hydrogens (tertiary/aromatic N) is 1. The van der Waals surface area contributed by atoms with Crippen molar-refractivity contribution in [2.24, 2.45) is 0 Å². The molecule has 0 heterocycles. The first-order valence-corrected chi connectivity index (χ1v) is 36.7. The number of carbonyl (C=O) groups is 3. The molecule has 0 bridgehead atoms. The molecule has 9 nitrogen and oxygen atoms in total. The maximum Gasteiger partial charge on any atom is 0.306 e. The molecule has 0 aliphatic heterocycles. The summed E-state index contributed by atoms with van der Waals surface area (Å²) in [5, 5.41) is 11.8. The quantitative estimate of drug-likeness (QED) is 0.0195. The minimum Gasteiger partial charge on any atom is -0.545 e. The molecule has 0 aromatic rings. The number of carboxylic acid groups (broad SMARTS) is 1. The van der Waals surface area contributed by atoms with Gasteiger partial charge >= 0.3 is 11.9 Å². The van der Waals surface area contributed by atoms with Gasteiger partial charge in [0.2, 0.25) is 0 Å². The molecule has 0 aliphatic carbocycles. The van der Waals surface area contributed by atoms with Gasteiger partial charge in [-0.15, -0.1) is 0 Å². The molecular weight excluding hydrogens is 1100 g/mol. The summed E-state index contributed by atoms with van der Waals surface area (Å²) in [4.78, 5) is 37.5. The van der Waals surface area contributed by atoms with Gasteiger partial charge in [-0.1, -0.05) is 309 Å². The summed E-state index contributed by atoms with van der Waals surface area (Å²) in [6.07, 6.45) is 95.7. The molecule has 0 rings (SSSR count). The third-order valence-electron chi connectivity index (χ3n) is 15.7. The van der Waals surface area contributed by atoms with E-state index in [1.165, 1.54) is 180 Å². The van der Waals surface area contributed by atoms with E-state index in [1.54, 1.807) is 0 Å². The summed E-state index contributed by atoms with van der Waals surface area (Å²) < 4.78 is 22.8. The maximum absolute atomic E-state index is 13.0. The molecule has 0 N–H and O–H groups in total. The zero-order valence-corrected chi connectivity index (χ0v) is 58.3. The largest absolute Gasteiger partial charge is 0.545 e. The first-order valence-electron chi connectivity index (χ1n) is 36.7. The summed E-state index contributed by atoms with van der Waals surface area (Å²) in [7, 11) is 5.93. The van der Waals surface area contributed by atoms with Crippen LogP contribution in [0.15, 0.2) is 122 Å². The number of ether oxygens (including phenoxy) is 4. The van der Waals surface area contributed by atoms with Crippen LogP contribution in [-0.4, -0.2) is 82.3 Å². The van der Waals surface area contributed by atoms with Crippen LogP contribution in [0.5, 0.6) is 0 Å². The second-order valence-electron chi connectivity index (χ2n) is 25.5. The van der Waals surface area contributed by atoms with Crippen molar-refractivity contribution in [1.29, 1.82) is 0 Å². The van der Waals surface area contributed by atoms with Crippen LogP contribution in [0.3, 0.4) is 0 Å². The molecular formula is C80H137NO8. The highest BCUT2D eigenvalue weighted by molar-refractivity contribution is 5.70. The van der Waals surface area contributed by atoms with Crippen molar-refractivity contribution in [3.05, 3.63) is 122 Å². The van der Waals surface area contributed by atoms with E-state index in [1.807, 2.05) is 21.1 Å². The van der Waals surface area contributed by atoms with Crippen LogP contribution in [0.4, 0.5) is 0 Å². The molecule has 0 fully saturated rings. The van der Waals surface area contributed by atoms with E-state index in [0.717, 1.165) is 96.3 Å². The minimum atomic E-state index is -1.63. The van der Waals surface area contributed by atoms with Gasteiger partial charge in [-0.25, -0.2) is 0 Å². The van der Waals surface area contributed by atoms with E-state index in [2.05, 4.69) is 135 Å². The highest BCUT2D eigenvalue weighted by Gasteiger charge is 2.22. The maximum atomic E-state index is 13.0. The summed E-state index contributed by atoms with van der Waals surface area (Å²) in [6.45, 7) is 4.64. The number of allylic oxidation sites excluding steroid dienone is 20. The molecule has 0 radical (unpaired) electrons. The summed E-state index contributed by atoms with van der Waals surface area (Å²) in [6, 6.07) is 0. The van der Waals surface area contributed by atoms with Crippen LogP contribution in [-0.2, 0) is 33.3 Å². The highest BCUT2D eigenvalue weighted by atomic mass is 16.7. The molecule has 0 amide bonds. The second kappa shape index (κ2) is 69.6. The van der Waals surface area contributed by atoms with Crippen molar-refractivity contribution < 1.29 is 42.9 Å². The second-order valence-corrected chi connectivity index (χ2v) is 25.5. The van der Waals surface area contributed by atoms with Crippen LogP contribution in [0.2, 0.25) is 0 Å². The Morgan fingerprint density at radius 1 is 0.348 bits per heavy atom. The van der Waals surface area contributed by atoms with Gasteiger partial charge in [-0.05, 0) is 109 Å². The van der Waals surface area contributed by atoms with Crippen LogP contribution < -0.4 is 5.11 Å². The van der Waals surface area contributed by atoms with Crippen LogP contribution in [0, 0.1) is 0 Å². The number of likely N-dealkylation sites (N-methyl/N-ethyl adjacent to an activating group) is 1. The summed E-state index contributed by atoms with van der Waals surface area (Å²) in [5.41, 5.74) is 0. The van der Waals surface area contributed by atoms with Gasteiger partial charge < -0.3 is 33.3 Å². The molecule has 89 heavy (non-hydrogen) atoms. The Morgan fingerprint density at radius 3 is 0.955 bits per heavy atom. The fourth-order valence-electron chi connectivity index (χ4n) is 10.1. The summed E-state index contributed by atoms with van der Waals surface area (Å²) in [5.74, 6) is -2.28. The number of esters is 2. The lowest BCUT2D eigenvalue weighted by molar-refractivity contribution is -0.870. The minimum absolute atomic E-state index is 0.143. The van der Waals surface area contributed by atoms with E-state index in [0.29, 0.717) is 17.4 Å². The Labute approximate surface area is 548 Å². The Bertz CT molecular complexity index is 1880. The normalized spacial score (nSPS) is 13.4. The van der Waals surface area contributed by atoms with Gasteiger partial charge in [0.15, 0.2) is 12.4 Å². The van der Waals surface area contributed by atoms with Crippen molar-refractivity contribution in [2.45, 2.75) is 322 Å². The zero-order chi connectivity index (χ0) is 64.7. The van der Waals surface area contributed by atoms with Gasteiger partial charge in [0.25, 0.3) is 0 Å². The number of carboxylic acids is 1. The predicted octanol–water partition coefficient (Wildman–Crippen LogP) is 21.8. The molecule has 0 saturated heterocycles. The fraction of sp³-hybridized carbons (Fsp3) is 0.713. The molecule has 0 aromatic heterocycles. The van der Waals surface area contributed by atoms with Crippen LogP contribution >= 0.6 is 0 Å². The topological polar surface area (TPSA) is 111 Å². The van der Waals surface area contributed by atoms with E-state index in [-0.39, 0.29) is 38.6 Å². The van der Waals surface area contributed by atoms with Gasteiger partial charge in [0.05, 0.1) is 40.3 Å². The van der Waals surface area contributed by atoms with Crippen LogP contribution in [0.1, 0.15) is 309 Å². The number of hydrogen-bond acceptors (Lipinski definition) is 8. The number of hydrogen-bond donors (Lipinski definition) is 0. The number of quaternary nitrogens is 1. The fourth-order valence-corrected chi connectivity index (χ4v) is 10.1. The molecule has 0 saturated carbocycles. The van der Waals surface area contributed by atoms with Gasteiger partial charge in [0.1, 0.15) is 13.2 Å². The smallest absolute Gasteiger partial charge is 0.306 e. The van der Waals surface area contributed by atoms with Gasteiger partial charge in [-0.2, -0.15) is 0 Å². The Kier molecular flexibility index (Phi) is 66.2. The molecule has 0 spiro atoms. The van der Waals surface area contributed by atoms with Gasteiger partial charge in [-0.3, -0.25) is 9.59 Å². The lowest BCUT2D eigenvalue weighted by Gasteiger charge is -2.26. The standard InChI is InChI=1S/C80H137NO8/c1-6-8-10-12-14-16-18-20-22-24-26-28-30-32-34-36-37-38-39-40-41-43-45-47-49-51-53-55-57-59-61-63-65-67-69-71-78(83)89-76(75-88-80(79(84)85)86-73-72-81(3,4)5)74-87-77(82)70-68-66-64-62-60-58-56-54-52-50-48-46-44-42-35-33-31-29-27-25-23-21-19-17-15-13-11-9-7-2/h8,10,14,16,19-22,25-28,31-34,37-38,40-41,76,80H,6-7,9,11-13,15,17-18,23-24,29-30,35-36,39,42-75H2,1-5H3/b10-8-,16-14-,21-19-,22-20-,27-25-,28-26-,33-31-,34-32-,38-37-,41-40-. The lowest BCUT2D eigenvalue weighted by atomic mass is 10.0. The Hall–Kier alpha value is -4.31. The van der Waals surface area contributed by atoms with E-state index < -0.39 is 24.3 Å². The Morgan fingerprint density at radius 2 is 0.640 bits per heavy atom. The van der Waals surface area contributed by atoms with Crippen molar-refractivity contribution in [2.75, 3.05) is 47.5 Å². The molecule has 9 heteroatoms. The van der Waals surface area contributed by atoms with E-state index >= 15 is 0 Å². The number of carbonyl (C=O) groups excluding carboxylic acids is 3. The average Bonchev–Trinajstić information content (AvgIpc) is 3.64. The Balaban J connectivity index is 4.11. The van der Waals surface area contributed by atoms with Crippen molar-refractivity contribution in [1.82, 2.24) is 0 Å². The van der Waals surface area contributed by atoms with E-state index in [4.69, 9.17) is 18.9 Å². The molecule has 2 unspecified atom stereocenters. The number of unbranched alkanes of at least 4 members (excludes halogenated alkanes) is 32. The lowest BCUT2D eigenvalue weighted by Crippen LogP contribution is -2.44. The monoisotopic (exact) mass is 1240 g/mol. The molecule has 0 aromatic carbocycles. The molecule has 510 valence electrons. The first-order chi connectivity index (χ1) is 43.6. The van der Waals surface area contributed by atoms with Crippen molar-refractivity contribution in [3.63, 3.8) is 0 Å². The molecule has 0 aliphatic rings. The predicted molar refractivity (Wildman–Crippen MR) is 380 cm³/mol. The third-order valence-corrected chi connectivity index (χ3v) is 15.7. The van der Waals surface area contributed by atoms with E-state index in [9.17, 15) is 19.5 Å². The third kappa shape index (κ3) is 71.0. The van der Waals surface area contributed by atoms with Gasteiger partial charge in [0, 0.05) is 12.8 Å². The SMILES string of the molecule is CC/C=C\C/C=C\C/C=C\C/C=C\C/C=C\C/C=C\C/C=C\CCCCCCCCCCCCCCCC(=O)OC(COC(=O)CCCCCCCCCCCCCCCC/C=C\C/C=C\C/C=C\CCCCCCC)COC(OCC[N+](C)(C)C)C(=O)[O-]. The van der Waals surface area contributed by atoms with Crippen LogP contribution in [0.25, 0.3) is 0 Å². The van der Waals surface area contributed by atoms with Crippen molar-refractivity contribution in [3.8, 4) is 0 Å². The first kappa shape index (κ1) is 84.7. The number of rotatable bonds is 67. The summed E-state index contributed by atoms with van der Waals surface area (Å²) >= 11 is 0. The zero-order valence-electron chi connectivity index (χ0n) is 58.3. The van der Waals surface area contributed by atoms with Crippen molar-refractivity contribution >= 4 is 17.9 Å². The number of aliphatic carboxylic acids is 1. The average molecular weight is 1240 g/mol. The molecule has 2 atom stereocenters. The highest BCUT2D eigenvalue weighted by Crippen LogP contribution is 2.17.